The SMILES string of the molecule is CC(C)(C)OC(=O)[C@H]1NC2(CCCCC2)c2[nH]c3ccccc3c2[C@H]1c1ccccc1. The van der Waals surface area contributed by atoms with Gasteiger partial charge in [-0.25, -0.2) is 0 Å². The molecule has 2 N–H and O–H groups in total. The van der Waals surface area contributed by atoms with Gasteiger partial charge in [-0.2, -0.15) is 0 Å². The second-order valence-corrected chi connectivity index (χ2v) is 10.1. The summed E-state index contributed by atoms with van der Waals surface area (Å²) >= 11 is 0. The minimum atomic E-state index is -0.528. The molecule has 1 aliphatic heterocycles. The van der Waals surface area contributed by atoms with E-state index in [-0.39, 0.29) is 17.4 Å². The van der Waals surface area contributed by atoms with Crippen LogP contribution in [0.1, 0.15) is 75.6 Å². The molecule has 1 fully saturated rings. The third-order valence-corrected chi connectivity index (χ3v) is 6.83. The predicted octanol–water partition coefficient (Wildman–Crippen LogP) is 5.77. The second-order valence-electron chi connectivity index (χ2n) is 10.1. The Kier molecular flexibility index (Phi) is 4.93. The van der Waals surface area contributed by atoms with Crippen molar-refractivity contribution in [3.8, 4) is 0 Å². The highest BCUT2D eigenvalue weighted by molar-refractivity contribution is 5.89. The summed E-state index contributed by atoms with van der Waals surface area (Å²) in [6, 6.07) is 18.5. The molecule has 1 aliphatic carbocycles. The number of benzene rings is 2. The van der Waals surface area contributed by atoms with Gasteiger partial charge < -0.3 is 9.72 Å². The van der Waals surface area contributed by atoms with Crippen LogP contribution in [0.4, 0.5) is 0 Å². The van der Waals surface area contributed by atoms with Gasteiger partial charge in [-0.1, -0.05) is 67.8 Å². The van der Waals surface area contributed by atoms with Crippen LogP contribution in [0.15, 0.2) is 54.6 Å². The van der Waals surface area contributed by atoms with E-state index in [4.69, 9.17) is 4.74 Å². The lowest BCUT2D eigenvalue weighted by Gasteiger charge is -2.47. The molecule has 1 aromatic heterocycles. The lowest BCUT2D eigenvalue weighted by molar-refractivity contribution is -0.159. The van der Waals surface area contributed by atoms with Gasteiger partial charge in [0.25, 0.3) is 0 Å². The Morgan fingerprint density at radius 1 is 0.968 bits per heavy atom. The predicted molar refractivity (Wildman–Crippen MR) is 124 cm³/mol. The van der Waals surface area contributed by atoms with Crippen molar-refractivity contribution in [1.82, 2.24) is 10.3 Å². The van der Waals surface area contributed by atoms with Gasteiger partial charge in [0.05, 0.1) is 5.54 Å². The van der Waals surface area contributed by atoms with E-state index in [0.29, 0.717) is 0 Å². The van der Waals surface area contributed by atoms with Gasteiger partial charge in [-0.3, -0.25) is 10.1 Å². The van der Waals surface area contributed by atoms with Gasteiger partial charge >= 0.3 is 5.97 Å². The van der Waals surface area contributed by atoms with Crippen LogP contribution in [0.5, 0.6) is 0 Å². The quantitative estimate of drug-likeness (QED) is 0.521. The van der Waals surface area contributed by atoms with Gasteiger partial charge in [-0.15, -0.1) is 0 Å². The first-order valence-corrected chi connectivity index (χ1v) is 11.5. The number of hydrogen-bond donors (Lipinski definition) is 2. The maximum Gasteiger partial charge on any atom is 0.324 e. The number of nitrogens with one attached hydrogen (secondary N) is 2. The molecule has 2 atom stereocenters. The molecule has 0 saturated heterocycles. The van der Waals surface area contributed by atoms with Crippen LogP contribution >= 0.6 is 0 Å². The zero-order valence-electron chi connectivity index (χ0n) is 18.7. The number of hydrogen-bond acceptors (Lipinski definition) is 3. The van der Waals surface area contributed by atoms with Gasteiger partial charge in [0.1, 0.15) is 11.6 Å². The standard InChI is InChI=1S/C27H32N2O2/c1-26(2,3)31-25(30)23-21(18-12-6-4-7-13-18)22-19-14-8-9-15-20(19)28-24(22)27(29-23)16-10-5-11-17-27/h4,6-9,12-15,21,23,28-29H,5,10-11,16-17H2,1-3H3/t21-,23+/m1/s1. The highest BCUT2D eigenvalue weighted by Crippen LogP contribution is 2.49. The van der Waals surface area contributed by atoms with Crippen LogP contribution in [0.25, 0.3) is 10.9 Å². The molecule has 31 heavy (non-hydrogen) atoms. The fraction of sp³-hybridized carbons (Fsp3) is 0.444. The summed E-state index contributed by atoms with van der Waals surface area (Å²) < 4.78 is 5.95. The first kappa shape index (κ1) is 20.3. The number of para-hydroxylation sites is 1. The largest absolute Gasteiger partial charge is 0.459 e. The van der Waals surface area contributed by atoms with Gasteiger partial charge in [-0.05, 0) is 50.8 Å². The van der Waals surface area contributed by atoms with Crippen LogP contribution in [-0.2, 0) is 15.1 Å². The summed E-state index contributed by atoms with van der Waals surface area (Å²) in [6.45, 7) is 5.83. The molecule has 162 valence electrons. The molecule has 2 aliphatic rings. The molecule has 2 heterocycles. The van der Waals surface area contributed by atoms with Crippen LogP contribution in [0.3, 0.4) is 0 Å². The van der Waals surface area contributed by atoms with Crippen LogP contribution in [-0.4, -0.2) is 22.6 Å². The maximum atomic E-state index is 13.6. The minimum absolute atomic E-state index is 0.102. The number of carbonyl (C=O) groups is 1. The number of fused-ring (bicyclic) bond motifs is 4. The average molecular weight is 417 g/mol. The molecular formula is C27H32N2O2. The third-order valence-electron chi connectivity index (χ3n) is 6.83. The number of carbonyl (C=O) groups excluding carboxylic acids is 1. The molecule has 3 aromatic rings. The Balaban J connectivity index is 1.74. The first-order chi connectivity index (χ1) is 14.9. The van der Waals surface area contributed by atoms with Crippen molar-refractivity contribution in [3.63, 3.8) is 0 Å². The summed E-state index contributed by atoms with van der Waals surface area (Å²) in [5, 5.41) is 5.07. The number of ether oxygens (including phenoxy) is 1. The molecule has 1 saturated carbocycles. The van der Waals surface area contributed by atoms with Gasteiger partial charge in [0, 0.05) is 22.5 Å². The van der Waals surface area contributed by atoms with Crippen LogP contribution < -0.4 is 5.32 Å². The molecule has 0 amide bonds. The van der Waals surface area contributed by atoms with E-state index in [1.807, 2.05) is 26.8 Å². The molecule has 0 radical (unpaired) electrons. The zero-order valence-corrected chi connectivity index (χ0v) is 18.7. The van der Waals surface area contributed by atoms with Gasteiger partial charge in [0.15, 0.2) is 0 Å². The van der Waals surface area contributed by atoms with E-state index in [2.05, 4.69) is 58.8 Å². The zero-order chi connectivity index (χ0) is 21.6. The van der Waals surface area contributed by atoms with E-state index in [1.165, 1.54) is 35.9 Å². The smallest absolute Gasteiger partial charge is 0.324 e. The number of esters is 1. The van der Waals surface area contributed by atoms with Crippen molar-refractivity contribution in [2.45, 2.75) is 76.0 Å². The summed E-state index contributed by atoms with van der Waals surface area (Å²) in [6.07, 6.45) is 5.65. The summed E-state index contributed by atoms with van der Waals surface area (Å²) in [5.74, 6) is -0.267. The number of aromatic amines is 1. The van der Waals surface area contributed by atoms with Crippen molar-refractivity contribution in [2.75, 3.05) is 0 Å². The highest BCUT2D eigenvalue weighted by Gasteiger charge is 2.50. The van der Waals surface area contributed by atoms with E-state index in [9.17, 15) is 4.79 Å². The van der Waals surface area contributed by atoms with Crippen molar-refractivity contribution in [2.24, 2.45) is 0 Å². The number of aromatic nitrogens is 1. The van der Waals surface area contributed by atoms with E-state index in [0.717, 1.165) is 23.9 Å². The monoisotopic (exact) mass is 416 g/mol. The lowest BCUT2D eigenvalue weighted by Crippen LogP contribution is -2.59. The van der Waals surface area contributed by atoms with Crippen LogP contribution in [0.2, 0.25) is 0 Å². The van der Waals surface area contributed by atoms with Crippen molar-refractivity contribution < 1.29 is 9.53 Å². The van der Waals surface area contributed by atoms with Gasteiger partial charge in [0.2, 0.25) is 0 Å². The molecule has 4 heteroatoms. The summed E-state index contributed by atoms with van der Waals surface area (Å²) in [4.78, 5) is 17.4. The van der Waals surface area contributed by atoms with Crippen molar-refractivity contribution >= 4 is 16.9 Å². The molecular weight excluding hydrogens is 384 g/mol. The second kappa shape index (κ2) is 7.52. The number of H-pyrrole nitrogens is 1. The third kappa shape index (κ3) is 3.57. The Morgan fingerprint density at radius 2 is 1.65 bits per heavy atom. The summed E-state index contributed by atoms with van der Waals surface area (Å²) in [7, 11) is 0. The average Bonchev–Trinajstić information content (AvgIpc) is 3.14. The van der Waals surface area contributed by atoms with E-state index >= 15 is 0 Å². The Labute approximate surface area is 184 Å². The van der Waals surface area contributed by atoms with Crippen LogP contribution in [0, 0.1) is 0 Å². The fourth-order valence-corrected chi connectivity index (χ4v) is 5.61. The van der Waals surface area contributed by atoms with E-state index in [1.54, 1.807) is 0 Å². The van der Waals surface area contributed by atoms with E-state index < -0.39 is 11.6 Å². The first-order valence-electron chi connectivity index (χ1n) is 11.5. The molecule has 5 rings (SSSR count). The Hall–Kier alpha value is -2.59. The maximum absolute atomic E-state index is 13.6. The Morgan fingerprint density at radius 3 is 2.35 bits per heavy atom. The minimum Gasteiger partial charge on any atom is -0.459 e. The van der Waals surface area contributed by atoms with Crippen molar-refractivity contribution in [3.05, 3.63) is 71.4 Å². The topological polar surface area (TPSA) is 54.1 Å². The molecule has 4 nitrogen and oxygen atoms in total. The fourth-order valence-electron chi connectivity index (χ4n) is 5.61. The highest BCUT2D eigenvalue weighted by atomic mass is 16.6. The Bertz CT molecular complexity index is 1090. The molecule has 1 spiro atoms. The summed E-state index contributed by atoms with van der Waals surface area (Å²) in [5.41, 5.74) is 4.08. The normalized spacial score (nSPS) is 22.9. The molecule has 0 bridgehead atoms. The number of rotatable bonds is 2. The van der Waals surface area contributed by atoms with Crippen molar-refractivity contribution in [1.29, 1.82) is 0 Å². The lowest BCUT2D eigenvalue weighted by atomic mass is 9.69. The molecule has 0 unspecified atom stereocenters. The molecule has 2 aromatic carbocycles.